The third kappa shape index (κ3) is 2.81. The van der Waals surface area contributed by atoms with Gasteiger partial charge in [-0.15, -0.1) is 0 Å². The maximum atomic E-state index is 12.3. The molecular formula is C18H18ClNO. The summed E-state index contributed by atoms with van der Waals surface area (Å²) in [4.78, 5) is 12.3. The quantitative estimate of drug-likeness (QED) is 0.901. The summed E-state index contributed by atoms with van der Waals surface area (Å²) in [7, 11) is 0. The fraction of sp³-hybridized carbons (Fsp3) is 0.278. The van der Waals surface area contributed by atoms with Crippen molar-refractivity contribution >= 4 is 17.5 Å². The van der Waals surface area contributed by atoms with Gasteiger partial charge in [0.15, 0.2) is 0 Å². The van der Waals surface area contributed by atoms with E-state index in [1.54, 1.807) is 12.1 Å². The van der Waals surface area contributed by atoms with Crippen LogP contribution in [0.25, 0.3) is 0 Å². The van der Waals surface area contributed by atoms with Gasteiger partial charge in [-0.2, -0.15) is 0 Å². The third-order valence-electron chi connectivity index (χ3n) is 4.40. The minimum absolute atomic E-state index is 0.0946. The van der Waals surface area contributed by atoms with Gasteiger partial charge in [-0.1, -0.05) is 60.5 Å². The Morgan fingerprint density at radius 2 is 1.71 bits per heavy atom. The van der Waals surface area contributed by atoms with Gasteiger partial charge in [-0.25, -0.2) is 0 Å². The molecule has 1 amide bonds. The van der Waals surface area contributed by atoms with E-state index in [-0.39, 0.29) is 11.3 Å². The van der Waals surface area contributed by atoms with Gasteiger partial charge in [-0.3, -0.25) is 4.79 Å². The average molecular weight is 300 g/mol. The van der Waals surface area contributed by atoms with E-state index in [4.69, 9.17) is 11.6 Å². The van der Waals surface area contributed by atoms with E-state index >= 15 is 0 Å². The SMILES string of the molecule is O=C(NCC1(c2ccccc2)CCC1)c1ccccc1Cl. The molecule has 0 spiro atoms. The molecular weight excluding hydrogens is 282 g/mol. The summed E-state index contributed by atoms with van der Waals surface area (Å²) < 4.78 is 0. The summed E-state index contributed by atoms with van der Waals surface area (Å²) in [6.45, 7) is 0.668. The summed E-state index contributed by atoms with van der Waals surface area (Å²) in [6.07, 6.45) is 3.47. The zero-order valence-corrected chi connectivity index (χ0v) is 12.6. The Balaban J connectivity index is 1.72. The fourth-order valence-electron chi connectivity index (χ4n) is 2.95. The summed E-state index contributed by atoms with van der Waals surface area (Å²) in [5.41, 5.74) is 1.95. The van der Waals surface area contributed by atoms with Crippen LogP contribution in [0, 0.1) is 0 Å². The Labute approximate surface area is 130 Å². The fourth-order valence-corrected chi connectivity index (χ4v) is 3.17. The predicted molar refractivity (Wildman–Crippen MR) is 85.8 cm³/mol. The van der Waals surface area contributed by atoms with Crippen LogP contribution in [-0.4, -0.2) is 12.5 Å². The van der Waals surface area contributed by atoms with Gasteiger partial charge in [0.05, 0.1) is 10.6 Å². The lowest BCUT2D eigenvalue weighted by molar-refractivity contribution is 0.0928. The van der Waals surface area contributed by atoms with Gasteiger partial charge in [-0.05, 0) is 30.5 Å². The summed E-state index contributed by atoms with van der Waals surface area (Å²) in [6, 6.07) is 17.6. The number of carbonyl (C=O) groups excluding carboxylic acids is 1. The summed E-state index contributed by atoms with van der Waals surface area (Å²) in [5.74, 6) is -0.0946. The number of hydrogen-bond acceptors (Lipinski definition) is 1. The lowest BCUT2D eigenvalue weighted by Crippen LogP contribution is -2.45. The highest BCUT2D eigenvalue weighted by molar-refractivity contribution is 6.33. The summed E-state index contributed by atoms with van der Waals surface area (Å²) in [5, 5.41) is 3.56. The molecule has 0 unspecified atom stereocenters. The first-order valence-electron chi connectivity index (χ1n) is 7.30. The predicted octanol–water partition coefficient (Wildman–Crippen LogP) is 4.19. The highest BCUT2D eigenvalue weighted by Gasteiger charge is 2.38. The topological polar surface area (TPSA) is 29.1 Å². The van der Waals surface area contributed by atoms with Crippen molar-refractivity contribution in [3.8, 4) is 0 Å². The van der Waals surface area contributed by atoms with Gasteiger partial charge in [0.1, 0.15) is 0 Å². The van der Waals surface area contributed by atoms with E-state index < -0.39 is 0 Å². The van der Waals surface area contributed by atoms with E-state index in [0.29, 0.717) is 17.1 Å². The van der Waals surface area contributed by atoms with Crippen LogP contribution in [-0.2, 0) is 5.41 Å². The van der Waals surface area contributed by atoms with Gasteiger partial charge < -0.3 is 5.32 Å². The van der Waals surface area contributed by atoms with Crippen LogP contribution >= 0.6 is 11.6 Å². The van der Waals surface area contributed by atoms with Crippen LogP contribution < -0.4 is 5.32 Å². The Morgan fingerprint density at radius 1 is 1.05 bits per heavy atom. The monoisotopic (exact) mass is 299 g/mol. The molecule has 3 heteroatoms. The van der Waals surface area contributed by atoms with Crippen LogP contribution in [0.3, 0.4) is 0 Å². The Hall–Kier alpha value is -1.80. The van der Waals surface area contributed by atoms with E-state index in [1.807, 2.05) is 18.2 Å². The maximum absolute atomic E-state index is 12.3. The molecule has 0 atom stereocenters. The van der Waals surface area contributed by atoms with E-state index in [2.05, 4.69) is 29.6 Å². The zero-order valence-electron chi connectivity index (χ0n) is 11.8. The first kappa shape index (κ1) is 14.2. The van der Waals surface area contributed by atoms with E-state index in [1.165, 1.54) is 12.0 Å². The van der Waals surface area contributed by atoms with Gasteiger partial charge >= 0.3 is 0 Å². The van der Waals surface area contributed by atoms with Crippen molar-refractivity contribution in [1.29, 1.82) is 0 Å². The van der Waals surface area contributed by atoms with Crippen LogP contribution in [0.2, 0.25) is 5.02 Å². The van der Waals surface area contributed by atoms with Crippen LogP contribution in [0.5, 0.6) is 0 Å². The molecule has 1 N–H and O–H groups in total. The van der Waals surface area contributed by atoms with E-state index in [9.17, 15) is 4.79 Å². The average Bonchev–Trinajstić information content (AvgIpc) is 2.47. The molecule has 0 aliphatic heterocycles. The normalized spacial score (nSPS) is 16.0. The molecule has 108 valence electrons. The van der Waals surface area contributed by atoms with Gasteiger partial charge in [0, 0.05) is 12.0 Å². The minimum atomic E-state index is -0.0946. The van der Waals surface area contributed by atoms with Crippen molar-refractivity contribution in [2.75, 3.05) is 6.54 Å². The second-order valence-electron chi connectivity index (χ2n) is 5.66. The molecule has 0 heterocycles. The second kappa shape index (κ2) is 5.90. The molecule has 2 nitrogen and oxygen atoms in total. The molecule has 0 aromatic heterocycles. The Bertz CT molecular complexity index is 635. The van der Waals surface area contributed by atoms with Crippen molar-refractivity contribution in [2.45, 2.75) is 24.7 Å². The lowest BCUT2D eigenvalue weighted by atomic mass is 9.64. The van der Waals surface area contributed by atoms with Crippen LogP contribution in [0.1, 0.15) is 35.2 Å². The molecule has 2 aromatic rings. The van der Waals surface area contributed by atoms with Crippen molar-refractivity contribution in [2.24, 2.45) is 0 Å². The van der Waals surface area contributed by atoms with Crippen molar-refractivity contribution in [3.05, 3.63) is 70.7 Å². The standard InChI is InChI=1S/C18H18ClNO/c19-16-10-5-4-9-15(16)17(21)20-13-18(11-6-12-18)14-7-2-1-3-8-14/h1-5,7-10H,6,11-13H2,(H,20,21). The second-order valence-corrected chi connectivity index (χ2v) is 6.07. The first-order valence-corrected chi connectivity index (χ1v) is 7.67. The maximum Gasteiger partial charge on any atom is 0.252 e. The van der Waals surface area contributed by atoms with Crippen molar-refractivity contribution < 1.29 is 4.79 Å². The summed E-state index contributed by atoms with van der Waals surface area (Å²) >= 11 is 6.07. The molecule has 0 bridgehead atoms. The molecule has 1 fully saturated rings. The first-order chi connectivity index (χ1) is 10.2. The Morgan fingerprint density at radius 3 is 2.33 bits per heavy atom. The molecule has 1 aliphatic carbocycles. The number of benzene rings is 2. The molecule has 2 aromatic carbocycles. The number of carbonyl (C=O) groups is 1. The number of amides is 1. The minimum Gasteiger partial charge on any atom is -0.351 e. The van der Waals surface area contributed by atoms with Gasteiger partial charge in [0.2, 0.25) is 0 Å². The molecule has 1 aliphatic rings. The van der Waals surface area contributed by atoms with Crippen molar-refractivity contribution in [1.82, 2.24) is 5.32 Å². The number of rotatable bonds is 4. The van der Waals surface area contributed by atoms with Gasteiger partial charge in [0.25, 0.3) is 5.91 Å². The molecule has 21 heavy (non-hydrogen) atoms. The Kier molecular flexibility index (Phi) is 3.98. The van der Waals surface area contributed by atoms with E-state index in [0.717, 1.165) is 12.8 Å². The zero-order chi connectivity index (χ0) is 14.7. The number of nitrogens with one attached hydrogen (secondary N) is 1. The molecule has 3 rings (SSSR count). The smallest absolute Gasteiger partial charge is 0.252 e. The highest BCUT2D eigenvalue weighted by Crippen LogP contribution is 2.43. The van der Waals surface area contributed by atoms with Crippen LogP contribution in [0.4, 0.5) is 0 Å². The molecule has 0 saturated heterocycles. The largest absolute Gasteiger partial charge is 0.351 e. The lowest BCUT2D eigenvalue weighted by Gasteiger charge is -2.42. The van der Waals surface area contributed by atoms with Crippen LogP contribution in [0.15, 0.2) is 54.6 Å². The van der Waals surface area contributed by atoms with Crippen molar-refractivity contribution in [3.63, 3.8) is 0 Å². The number of halogens is 1. The third-order valence-corrected chi connectivity index (χ3v) is 4.73. The molecule has 0 radical (unpaired) electrons. The number of hydrogen-bond donors (Lipinski definition) is 1. The highest BCUT2D eigenvalue weighted by atomic mass is 35.5. The molecule has 1 saturated carbocycles.